The van der Waals surface area contributed by atoms with E-state index >= 15 is 0 Å². The molecule has 2 aromatic carbocycles. The second kappa shape index (κ2) is 8.53. The maximum Gasteiger partial charge on any atom is 0.261 e. The number of nitriles is 1. The van der Waals surface area contributed by atoms with Crippen molar-refractivity contribution < 1.29 is 5.11 Å². The van der Waals surface area contributed by atoms with E-state index < -0.39 is 0 Å². The Bertz CT molecular complexity index is 1290. The number of rotatable bonds is 6. The first-order valence-corrected chi connectivity index (χ1v) is 10.1. The van der Waals surface area contributed by atoms with Crippen LogP contribution in [0.2, 0.25) is 0 Å². The van der Waals surface area contributed by atoms with E-state index in [1.807, 2.05) is 30.3 Å². The number of H-pyrrole nitrogens is 2. The minimum Gasteiger partial charge on any atom is -0.394 e. The van der Waals surface area contributed by atoms with Crippen LogP contribution in [-0.4, -0.2) is 32.7 Å². The molecule has 0 saturated heterocycles. The van der Waals surface area contributed by atoms with Crippen LogP contribution in [0.1, 0.15) is 11.1 Å². The van der Waals surface area contributed by atoms with Gasteiger partial charge in [0.05, 0.1) is 35.5 Å². The number of aromatic nitrogens is 3. The van der Waals surface area contributed by atoms with Gasteiger partial charge in [-0.15, -0.1) is 0 Å². The molecule has 4 aromatic rings. The minimum absolute atomic E-state index is 0.0989. The fourth-order valence-corrected chi connectivity index (χ4v) is 3.92. The summed E-state index contributed by atoms with van der Waals surface area (Å²) in [6.45, 7) is -0.0989. The average molecular weight is 464 g/mol. The van der Waals surface area contributed by atoms with Crippen LogP contribution in [0.25, 0.3) is 22.4 Å². The lowest BCUT2D eigenvalue weighted by Crippen LogP contribution is -2.28. The van der Waals surface area contributed by atoms with Crippen LogP contribution in [0.15, 0.2) is 64.0 Å². The quantitative estimate of drug-likeness (QED) is 0.348. The van der Waals surface area contributed by atoms with Crippen molar-refractivity contribution in [3.05, 3.63) is 80.7 Å². The molecule has 0 unspecified atom stereocenters. The summed E-state index contributed by atoms with van der Waals surface area (Å²) in [5, 5.41) is 22.3. The number of nitrogens with one attached hydrogen (secondary N) is 3. The molecule has 0 aliphatic heterocycles. The Kier molecular flexibility index (Phi) is 5.65. The van der Waals surface area contributed by atoms with Crippen LogP contribution in [-0.2, 0) is 6.42 Å². The number of imidazole rings is 1. The van der Waals surface area contributed by atoms with E-state index in [9.17, 15) is 15.2 Å². The number of hydrogen-bond acceptors (Lipinski definition) is 5. The van der Waals surface area contributed by atoms with Gasteiger partial charge in [-0.3, -0.25) is 4.79 Å². The van der Waals surface area contributed by atoms with Crippen molar-refractivity contribution in [2.45, 2.75) is 12.5 Å². The molecule has 0 aliphatic rings. The van der Waals surface area contributed by atoms with Crippen LogP contribution < -0.4 is 10.9 Å². The third-order valence-corrected chi connectivity index (χ3v) is 5.38. The van der Waals surface area contributed by atoms with Gasteiger partial charge in [-0.1, -0.05) is 30.3 Å². The van der Waals surface area contributed by atoms with Crippen LogP contribution in [0.5, 0.6) is 0 Å². The number of nitrogens with zero attached hydrogens (tertiary/aromatic N) is 2. The zero-order valence-electron chi connectivity index (χ0n) is 15.8. The molecule has 2 heterocycles. The third kappa shape index (κ3) is 3.99. The summed E-state index contributed by atoms with van der Waals surface area (Å²) in [6.07, 6.45) is 2.15. The Balaban J connectivity index is 1.73. The standard InChI is InChI=1S/C22H18BrN5O2/c23-16-9-14(11-24)10-18-20(16)28-21(27-18)19-17(6-7-25-22(19)30)26-15(12-29)8-13-4-2-1-3-5-13/h1-7,9-10,15,29H,8,12H2,(H,27,28)(H2,25,26,30)/t15-/m0/s1. The van der Waals surface area contributed by atoms with E-state index in [0.29, 0.717) is 44.6 Å². The van der Waals surface area contributed by atoms with Crippen molar-refractivity contribution in [3.63, 3.8) is 0 Å². The highest BCUT2D eigenvalue weighted by Crippen LogP contribution is 2.29. The summed E-state index contributed by atoms with van der Waals surface area (Å²) in [5.41, 5.74) is 3.41. The van der Waals surface area contributed by atoms with E-state index in [0.717, 1.165) is 5.56 Å². The first-order chi connectivity index (χ1) is 14.6. The predicted molar refractivity (Wildman–Crippen MR) is 119 cm³/mol. The van der Waals surface area contributed by atoms with Crippen LogP contribution in [0, 0.1) is 11.3 Å². The lowest BCUT2D eigenvalue weighted by atomic mass is 10.1. The molecular weight excluding hydrogens is 446 g/mol. The second-order valence-corrected chi connectivity index (χ2v) is 7.71. The zero-order chi connectivity index (χ0) is 21.1. The Morgan fingerprint density at radius 1 is 1.23 bits per heavy atom. The van der Waals surface area contributed by atoms with Gasteiger partial charge in [0, 0.05) is 10.7 Å². The highest BCUT2D eigenvalue weighted by Gasteiger charge is 2.18. The zero-order valence-corrected chi connectivity index (χ0v) is 17.4. The lowest BCUT2D eigenvalue weighted by molar-refractivity contribution is 0.274. The van der Waals surface area contributed by atoms with Gasteiger partial charge in [-0.2, -0.15) is 5.26 Å². The molecule has 0 aliphatic carbocycles. The molecule has 30 heavy (non-hydrogen) atoms. The summed E-state index contributed by atoms with van der Waals surface area (Å²) >= 11 is 3.43. The van der Waals surface area contributed by atoms with Crippen molar-refractivity contribution in [1.82, 2.24) is 15.0 Å². The fraction of sp³-hybridized carbons (Fsp3) is 0.136. The van der Waals surface area contributed by atoms with E-state index in [1.54, 1.807) is 24.4 Å². The predicted octanol–water partition coefficient (Wildman–Crippen LogP) is 3.57. The van der Waals surface area contributed by atoms with Crippen LogP contribution in [0.4, 0.5) is 5.69 Å². The first kappa shape index (κ1) is 19.9. The molecule has 2 aromatic heterocycles. The Labute approximate surface area is 180 Å². The molecule has 1 atom stereocenters. The summed E-state index contributed by atoms with van der Waals surface area (Å²) in [5.74, 6) is 0.376. The summed E-state index contributed by atoms with van der Waals surface area (Å²) in [4.78, 5) is 23.0. The smallest absolute Gasteiger partial charge is 0.261 e. The SMILES string of the molecule is N#Cc1cc(Br)c2nc(-c3c(N[C@H](CO)Cc4ccccc4)cc[nH]c3=O)[nH]c2c1. The number of benzene rings is 2. The minimum atomic E-state index is -0.313. The molecule has 7 nitrogen and oxygen atoms in total. The third-order valence-electron chi connectivity index (χ3n) is 4.77. The molecule has 0 spiro atoms. The largest absolute Gasteiger partial charge is 0.394 e. The van der Waals surface area contributed by atoms with Crippen molar-refractivity contribution in [2.75, 3.05) is 11.9 Å². The number of aliphatic hydroxyl groups is 1. The normalized spacial score (nSPS) is 11.9. The van der Waals surface area contributed by atoms with Gasteiger partial charge in [0.15, 0.2) is 0 Å². The van der Waals surface area contributed by atoms with Crippen molar-refractivity contribution >= 4 is 32.7 Å². The molecule has 0 amide bonds. The average Bonchev–Trinajstić information content (AvgIpc) is 3.18. The first-order valence-electron chi connectivity index (χ1n) is 9.31. The second-order valence-electron chi connectivity index (χ2n) is 6.86. The highest BCUT2D eigenvalue weighted by atomic mass is 79.9. The van der Waals surface area contributed by atoms with Gasteiger partial charge in [0.2, 0.25) is 0 Å². The molecule has 0 fully saturated rings. The van der Waals surface area contributed by atoms with Gasteiger partial charge in [0.1, 0.15) is 16.9 Å². The number of hydrogen-bond donors (Lipinski definition) is 4. The van der Waals surface area contributed by atoms with E-state index in [2.05, 4.69) is 42.3 Å². The molecular formula is C22H18BrN5O2. The number of anilines is 1. The molecule has 150 valence electrons. The summed E-state index contributed by atoms with van der Waals surface area (Å²) < 4.78 is 0.665. The van der Waals surface area contributed by atoms with E-state index in [1.165, 1.54) is 0 Å². The van der Waals surface area contributed by atoms with E-state index in [4.69, 9.17) is 0 Å². The number of fused-ring (bicyclic) bond motifs is 1. The Hall–Kier alpha value is -3.41. The number of aliphatic hydroxyl groups excluding tert-OH is 1. The topological polar surface area (TPSA) is 118 Å². The summed E-state index contributed by atoms with van der Waals surface area (Å²) in [6, 6.07) is 16.8. The van der Waals surface area contributed by atoms with Crippen molar-refractivity contribution in [1.29, 1.82) is 5.26 Å². The van der Waals surface area contributed by atoms with Gasteiger partial charge >= 0.3 is 0 Å². The maximum atomic E-state index is 12.7. The lowest BCUT2D eigenvalue weighted by Gasteiger charge is -2.19. The van der Waals surface area contributed by atoms with Gasteiger partial charge in [-0.25, -0.2) is 4.98 Å². The highest BCUT2D eigenvalue weighted by molar-refractivity contribution is 9.10. The summed E-state index contributed by atoms with van der Waals surface area (Å²) in [7, 11) is 0. The van der Waals surface area contributed by atoms with Crippen molar-refractivity contribution in [2.24, 2.45) is 0 Å². The fourth-order valence-electron chi connectivity index (χ4n) is 3.37. The number of aromatic amines is 2. The van der Waals surface area contributed by atoms with Crippen LogP contribution >= 0.6 is 15.9 Å². The molecule has 0 bridgehead atoms. The molecule has 8 heteroatoms. The van der Waals surface area contributed by atoms with Gasteiger partial charge in [-0.05, 0) is 46.1 Å². The molecule has 4 N–H and O–H groups in total. The molecule has 0 radical (unpaired) electrons. The monoisotopic (exact) mass is 463 g/mol. The van der Waals surface area contributed by atoms with Gasteiger partial charge < -0.3 is 20.4 Å². The number of pyridine rings is 1. The Morgan fingerprint density at radius 2 is 2.03 bits per heavy atom. The molecule has 0 saturated carbocycles. The van der Waals surface area contributed by atoms with Crippen LogP contribution in [0.3, 0.4) is 0 Å². The number of halogens is 1. The Morgan fingerprint density at radius 3 is 2.77 bits per heavy atom. The van der Waals surface area contributed by atoms with E-state index in [-0.39, 0.29) is 18.2 Å². The molecule has 4 rings (SSSR count). The maximum absolute atomic E-state index is 12.7. The van der Waals surface area contributed by atoms with Crippen molar-refractivity contribution in [3.8, 4) is 17.5 Å². The van der Waals surface area contributed by atoms with Gasteiger partial charge in [0.25, 0.3) is 5.56 Å².